The predicted octanol–water partition coefficient (Wildman–Crippen LogP) is 4.47. The standard InChI is InChI=1S/C23H19NO4/c25-23-11-17(18-10-21-22(28-14-27-21)12-19(18)24-23)16-8-4-5-9-20(16)26-13-15-6-2-1-3-7-15/h1-10,12,17H,11,13-14H2,(H,24,25)/t17-/m0/s1. The number of fused-ring (bicyclic) bond motifs is 2. The third kappa shape index (κ3) is 3.05. The second kappa shape index (κ2) is 6.93. The fourth-order valence-electron chi connectivity index (χ4n) is 3.76. The number of hydrogen-bond acceptors (Lipinski definition) is 4. The monoisotopic (exact) mass is 373 g/mol. The summed E-state index contributed by atoms with van der Waals surface area (Å²) in [6.07, 6.45) is 0.359. The highest BCUT2D eigenvalue weighted by Gasteiger charge is 2.31. The molecule has 0 fully saturated rings. The minimum absolute atomic E-state index is 0.0192. The number of para-hydroxylation sites is 1. The molecule has 0 aromatic heterocycles. The van der Waals surface area contributed by atoms with Crippen molar-refractivity contribution in [2.24, 2.45) is 0 Å². The normalized spacial score (nSPS) is 17.0. The average Bonchev–Trinajstić information content (AvgIpc) is 3.18. The van der Waals surface area contributed by atoms with Crippen LogP contribution in [-0.4, -0.2) is 12.7 Å². The smallest absolute Gasteiger partial charge is 0.231 e. The molecule has 3 aromatic rings. The maximum absolute atomic E-state index is 12.4. The van der Waals surface area contributed by atoms with E-state index in [-0.39, 0.29) is 18.6 Å². The molecule has 0 unspecified atom stereocenters. The molecule has 1 atom stereocenters. The second-order valence-electron chi connectivity index (χ2n) is 6.91. The van der Waals surface area contributed by atoms with Crippen LogP contribution in [0.3, 0.4) is 0 Å². The van der Waals surface area contributed by atoms with Crippen molar-refractivity contribution in [1.29, 1.82) is 0 Å². The summed E-state index contributed by atoms with van der Waals surface area (Å²) in [5.74, 6) is 2.03. The van der Waals surface area contributed by atoms with Crippen LogP contribution in [0.1, 0.15) is 29.0 Å². The summed E-state index contributed by atoms with van der Waals surface area (Å²) in [6, 6.07) is 21.8. The lowest BCUT2D eigenvalue weighted by atomic mass is 9.84. The van der Waals surface area contributed by atoms with Crippen molar-refractivity contribution < 1.29 is 19.0 Å². The Morgan fingerprint density at radius 2 is 1.68 bits per heavy atom. The predicted molar refractivity (Wildman–Crippen MR) is 105 cm³/mol. The molecule has 5 rings (SSSR count). The Kier molecular flexibility index (Phi) is 4.13. The van der Waals surface area contributed by atoms with Gasteiger partial charge in [0.25, 0.3) is 0 Å². The van der Waals surface area contributed by atoms with E-state index in [4.69, 9.17) is 14.2 Å². The Bertz CT molecular complexity index is 1030. The molecule has 0 saturated carbocycles. The van der Waals surface area contributed by atoms with Gasteiger partial charge in [0.15, 0.2) is 11.5 Å². The molecular weight excluding hydrogens is 354 g/mol. The molecule has 0 saturated heterocycles. The van der Waals surface area contributed by atoms with E-state index in [9.17, 15) is 4.79 Å². The van der Waals surface area contributed by atoms with E-state index in [0.29, 0.717) is 24.5 Å². The van der Waals surface area contributed by atoms with Crippen molar-refractivity contribution in [2.45, 2.75) is 18.9 Å². The number of nitrogens with one attached hydrogen (secondary N) is 1. The number of anilines is 1. The summed E-state index contributed by atoms with van der Waals surface area (Å²) >= 11 is 0. The molecule has 5 heteroatoms. The number of benzene rings is 3. The molecule has 1 amide bonds. The Balaban J connectivity index is 1.51. The molecule has 3 aromatic carbocycles. The van der Waals surface area contributed by atoms with Crippen LogP contribution in [0, 0.1) is 0 Å². The van der Waals surface area contributed by atoms with Gasteiger partial charge < -0.3 is 19.5 Å². The van der Waals surface area contributed by atoms with Crippen molar-refractivity contribution in [3.05, 3.63) is 83.4 Å². The first-order valence-electron chi connectivity index (χ1n) is 9.27. The van der Waals surface area contributed by atoms with Crippen LogP contribution in [0.2, 0.25) is 0 Å². The molecule has 5 nitrogen and oxygen atoms in total. The van der Waals surface area contributed by atoms with Crippen LogP contribution in [0.4, 0.5) is 5.69 Å². The van der Waals surface area contributed by atoms with Gasteiger partial charge in [-0.2, -0.15) is 0 Å². The molecule has 2 aliphatic heterocycles. The summed E-state index contributed by atoms with van der Waals surface area (Å²) in [5.41, 5.74) is 3.87. The zero-order chi connectivity index (χ0) is 18.9. The van der Waals surface area contributed by atoms with Crippen LogP contribution in [0.5, 0.6) is 17.2 Å². The van der Waals surface area contributed by atoms with E-state index in [2.05, 4.69) is 5.32 Å². The first-order chi connectivity index (χ1) is 13.8. The van der Waals surface area contributed by atoms with Gasteiger partial charge in [0, 0.05) is 29.7 Å². The first kappa shape index (κ1) is 16.7. The van der Waals surface area contributed by atoms with E-state index in [1.807, 2.05) is 66.7 Å². The minimum Gasteiger partial charge on any atom is -0.489 e. The van der Waals surface area contributed by atoms with Crippen LogP contribution < -0.4 is 19.5 Å². The van der Waals surface area contributed by atoms with E-state index in [1.165, 1.54) is 0 Å². The van der Waals surface area contributed by atoms with Gasteiger partial charge in [-0.3, -0.25) is 4.79 Å². The van der Waals surface area contributed by atoms with Crippen molar-refractivity contribution in [1.82, 2.24) is 0 Å². The zero-order valence-electron chi connectivity index (χ0n) is 15.2. The van der Waals surface area contributed by atoms with Gasteiger partial charge in [-0.1, -0.05) is 48.5 Å². The second-order valence-corrected chi connectivity index (χ2v) is 6.91. The quantitative estimate of drug-likeness (QED) is 0.733. The van der Waals surface area contributed by atoms with Gasteiger partial charge in [0.1, 0.15) is 12.4 Å². The molecule has 2 aliphatic rings. The molecule has 0 radical (unpaired) electrons. The highest BCUT2D eigenvalue weighted by Crippen LogP contribution is 2.46. The molecular formula is C23H19NO4. The summed E-state index contributed by atoms with van der Waals surface area (Å²) in [7, 11) is 0. The van der Waals surface area contributed by atoms with Gasteiger partial charge in [0.05, 0.1) is 0 Å². The summed E-state index contributed by atoms with van der Waals surface area (Å²) < 4.78 is 17.1. The number of rotatable bonds is 4. The Morgan fingerprint density at radius 1 is 0.929 bits per heavy atom. The summed E-state index contributed by atoms with van der Waals surface area (Å²) in [5, 5.41) is 2.95. The van der Waals surface area contributed by atoms with Crippen molar-refractivity contribution in [3.63, 3.8) is 0 Å². The number of hydrogen-bond donors (Lipinski definition) is 1. The zero-order valence-corrected chi connectivity index (χ0v) is 15.2. The highest BCUT2D eigenvalue weighted by atomic mass is 16.7. The molecule has 1 N–H and O–H groups in total. The maximum Gasteiger partial charge on any atom is 0.231 e. The van der Waals surface area contributed by atoms with Gasteiger partial charge in [0.2, 0.25) is 12.7 Å². The molecule has 28 heavy (non-hydrogen) atoms. The van der Waals surface area contributed by atoms with Crippen LogP contribution in [-0.2, 0) is 11.4 Å². The lowest BCUT2D eigenvalue weighted by molar-refractivity contribution is -0.116. The fraction of sp³-hybridized carbons (Fsp3) is 0.174. The molecule has 0 aliphatic carbocycles. The van der Waals surface area contributed by atoms with Crippen molar-refractivity contribution in [3.8, 4) is 17.2 Å². The van der Waals surface area contributed by atoms with E-state index in [0.717, 1.165) is 28.1 Å². The van der Waals surface area contributed by atoms with Crippen molar-refractivity contribution >= 4 is 11.6 Å². The number of ether oxygens (including phenoxy) is 3. The summed E-state index contributed by atoms with van der Waals surface area (Å²) in [4.78, 5) is 12.4. The lowest BCUT2D eigenvalue weighted by Crippen LogP contribution is -2.23. The summed E-state index contributed by atoms with van der Waals surface area (Å²) in [6.45, 7) is 0.679. The van der Waals surface area contributed by atoms with Gasteiger partial charge >= 0.3 is 0 Å². The maximum atomic E-state index is 12.4. The van der Waals surface area contributed by atoms with Crippen LogP contribution >= 0.6 is 0 Å². The molecule has 140 valence electrons. The SMILES string of the molecule is O=C1C[C@@H](c2ccccc2OCc2ccccc2)c2cc3c(cc2N1)OCO3. The number of amides is 1. The number of carbonyl (C=O) groups excluding carboxylic acids is 1. The fourth-order valence-corrected chi connectivity index (χ4v) is 3.76. The van der Waals surface area contributed by atoms with Crippen LogP contribution in [0.15, 0.2) is 66.7 Å². The third-order valence-electron chi connectivity index (χ3n) is 5.12. The molecule has 2 heterocycles. The van der Waals surface area contributed by atoms with Gasteiger partial charge in [-0.25, -0.2) is 0 Å². The third-order valence-corrected chi connectivity index (χ3v) is 5.12. The van der Waals surface area contributed by atoms with E-state index in [1.54, 1.807) is 0 Å². The van der Waals surface area contributed by atoms with Gasteiger partial charge in [-0.05, 0) is 23.3 Å². The van der Waals surface area contributed by atoms with Crippen LogP contribution in [0.25, 0.3) is 0 Å². The first-order valence-corrected chi connectivity index (χ1v) is 9.27. The number of carbonyl (C=O) groups is 1. The molecule has 0 bridgehead atoms. The van der Waals surface area contributed by atoms with Gasteiger partial charge in [-0.15, -0.1) is 0 Å². The van der Waals surface area contributed by atoms with Crippen molar-refractivity contribution in [2.75, 3.05) is 12.1 Å². The van der Waals surface area contributed by atoms with E-state index >= 15 is 0 Å². The Morgan fingerprint density at radius 3 is 2.54 bits per heavy atom. The Hall–Kier alpha value is -3.47. The minimum atomic E-state index is -0.106. The topological polar surface area (TPSA) is 56.8 Å². The molecule has 0 spiro atoms. The van der Waals surface area contributed by atoms with E-state index < -0.39 is 0 Å². The lowest BCUT2D eigenvalue weighted by Gasteiger charge is -2.27. The highest BCUT2D eigenvalue weighted by molar-refractivity contribution is 5.96. The Labute approximate surface area is 162 Å². The largest absolute Gasteiger partial charge is 0.489 e. The average molecular weight is 373 g/mol.